The first-order valence-corrected chi connectivity index (χ1v) is 11.8. The number of aliphatic hydroxyl groups is 1. The van der Waals surface area contributed by atoms with Crippen LogP contribution in [0.25, 0.3) is 0 Å². The van der Waals surface area contributed by atoms with E-state index >= 15 is 0 Å². The van der Waals surface area contributed by atoms with E-state index in [0.717, 1.165) is 49.9 Å². The normalized spacial score (nSPS) is 42.2. The molecule has 164 valence electrons. The maximum atomic E-state index is 12.4. The van der Waals surface area contributed by atoms with E-state index in [-0.39, 0.29) is 11.5 Å². The van der Waals surface area contributed by atoms with Crippen LogP contribution in [-0.2, 0) is 4.79 Å². The number of fused-ring (bicyclic) bond motifs is 5. The van der Waals surface area contributed by atoms with Crippen LogP contribution in [0.15, 0.2) is 30.3 Å². The lowest BCUT2D eigenvalue weighted by Crippen LogP contribution is -2.54. The van der Waals surface area contributed by atoms with Gasteiger partial charge in [0.2, 0.25) is 0 Å². The van der Waals surface area contributed by atoms with Gasteiger partial charge in [-0.2, -0.15) is 0 Å². The molecule has 0 spiro atoms. The SMILES string of the molecule is C[C@]12CC[C@@H](O)C[C@@H]1CC[C@@H]1[C@@H]2CC[C@]2(C)C(=O)CC[C@@H]12.O=C(O)c1ccccc1. The summed E-state index contributed by atoms with van der Waals surface area (Å²) in [5, 5.41) is 18.4. The molecule has 4 aliphatic carbocycles. The zero-order valence-electron chi connectivity index (χ0n) is 18.3. The highest BCUT2D eigenvalue weighted by atomic mass is 16.4. The van der Waals surface area contributed by atoms with Gasteiger partial charge in [0.1, 0.15) is 5.78 Å². The molecule has 0 aliphatic heterocycles. The van der Waals surface area contributed by atoms with Crippen LogP contribution in [0, 0.1) is 34.5 Å². The Balaban J connectivity index is 0.000000204. The lowest BCUT2D eigenvalue weighted by molar-refractivity contribution is -0.142. The molecule has 1 aromatic carbocycles. The van der Waals surface area contributed by atoms with E-state index in [2.05, 4.69) is 13.8 Å². The van der Waals surface area contributed by atoms with Crippen LogP contribution in [0.2, 0.25) is 0 Å². The lowest BCUT2D eigenvalue weighted by Gasteiger charge is -2.60. The zero-order chi connectivity index (χ0) is 21.5. The summed E-state index contributed by atoms with van der Waals surface area (Å²) in [5.41, 5.74) is 0.783. The molecule has 0 heterocycles. The monoisotopic (exact) mass is 412 g/mol. The van der Waals surface area contributed by atoms with Crippen molar-refractivity contribution in [2.75, 3.05) is 0 Å². The van der Waals surface area contributed by atoms with Crippen molar-refractivity contribution >= 4 is 11.8 Å². The number of aliphatic hydroxyl groups excluding tert-OH is 1. The zero-order valence-corrected chi connectivity index (χ0v) is 18.3. The number of ketones is 1. The summed E-state index contributed by atoms with van der Waals surface area (Å²) in [5.74, 6) is 2.66. The number of hydrogen-bond acceptors (Lipinski definition) is 3. The fourth-order valence-corrected chi connectivity index (χ4v) is 7.59. The molecule has 0 unspecified atom stereocenters. The summed E-state index contributed by atoms with van der Waals surface area (Å²) in [4.78, 5) is 22.6. The summed E-state index contributed by atoms with van der Waals surface area (Å²) >= 11 is 0. The third-order valence-electron chi connectivity index (χ3n) is 9.37. The number of rotatable bonds is 1. The number of aromatic carboxylic acids is 1. The van der Waals surface area contributed by atoms with E-state index in [1.807, 2.05) is 0 Å². The molecule has 5 rings (SSSR count). The number of carbonyl (C=O) groups excluding carboxylic acids is 1. The molecular formula is C26H36O4. The Kier molecular flexibility index (Phi) is 5.82. The van der Waals surface area contributed by atoms with Gasteiger partial charge in [-0.15, -0.1) is 0 Å². The third-order valence-corrected chi connectivity index (χ3v) is 9.37. The van der Waals surface area contributed by atoms with E-state index in [4.69, 9.17) is 5.11 Å². The molecule has 7 atom stereocenters. The van der Waals surface area contributed by atoms with Gasteiger partial charge in [-0.05, 0) is 92.6 Å². The van der Waals surface area contributed by atoms with Gasteiger partial charge >= 0.3 is 5.97 Å². The quantitative estimate of drug-likeness (QED) is 0.652. The number of benzene rings is 1. The highest BCUT2D eigenvalue weighted by Gasteiger charge is 2.60. The molecule has 0 radical (unpaired) electrons. The van der Waals surface area contributed by atoms with Crippen LogP contribution in [0.1, 0.15) is 82.0 Å². The highest BCUT2D eigenvalue weighted by Crippen LogP contribution is 2.65. The van der Waals surface area contributed by atoms with Gasteiger partial charge in [0.05, 0.1) is 11.7 Å². The minimum atomic E-state index is -0.879. The second kappa shape index (κ2) is 8.11. The average Bonchev–Trinajstić information content (AvgIpc) is 3.04. The van der Waals surface area contributed by atoms with Crippen LogP contribution in [-0.4, -0.2) is 28.1 Å². The molecule has 0 aromatic heterocycles. The molecular weight excluding hydrogens is 376 g/mol. The Bertz CT molecular complexity index is 789. The van der Waals surface area contributed by atoms with Crippen molar-refractivity contribution in [3.05, 3.63) is 35.9 Å². The summed E-state index contributed by atoms with van der Waals surface area (Å²) in [7, 11) is 0. The van der Waals surface area contributed by atoms with Gasteiger partial charge < -0.3 is 10.2 Å². The molecule has 2 N–H and O–H groups in total. The fourth-order valence-electron chi connectivity index (χ4n) is 7.59. The van der Waals surface area contributed by atoms with Gasteiger partial charge in [0.15, 0.2) is 0 Å². The van der Waals surface area contributed by atoms with Gasteiger partial charge in [0.25, 0.3) is 0 Å². The van der Waals surface area contributed by atoms with Crippen molar-refractivity contribution in [3.63, 3.8) is 0 Å². The fraction of sp³-hybridized carbons (Fsp3) is 0.692. The molecule has 30 heavy (non-hydrogen) atoms. The lowest BCUT2D eigenvalue weighted by atomic mass is 9.45. The molecule has 4 fully saturated rings. The molecule has 4 saturated carbocycles. The number of carboxylic acid groups (broad SMARTS) is 1. The smallest absolute Gasteiger partial charge is 0.335 e. The largest absolute Gasteiger partial charge is 0.478 e. The van der Waals surface area contributed by atoms with Crippen molar-refractivity contribution in [2.45, 2.75) is 77.7 Å². The maximum absolute atomic E-state index is 12.4. The van der Waals surface area contributed by atoms with Crippen molar-refractivity contribution in [2.24, 2.45) is 34.5 Å². The van der Waals surface area contributed by atoms with Gasteiger partial charge in [-0.1, -0.05) is 32.0 Å². The Morgan fingerprint density at radius 1 is 0.967 bits per heavy atom. The molecule has 4 aliphatic rings. The standard InChI is InChI=1S/C19H30O2.C7H6O2/c1-18-9-7-13(20)11-12(18)3-4-14-15-5-6-17(21)19(15,2)10-8-16(14)18;8-7(9)6-4-2-1-3-5-6/h12-16,20H,3-11H2,1-2H3;1-5H,(H,8,9)/t12-,13+,14-,15-,16-,18-,19-;/m0./s1. The Morgan fingerprint density at radius 2 is 1.70 bits per heavy atom. The highest BCUT2D eigenvalue weighted by molar-refractivity contribution is 5.87. The summed E-state index contributed by atoms with van der Waals surface area (Å²) in [6, 6.07) is 8.30. The second-order valence-electron chi connectivity index (χ2n) is 10.7. The topological polar surface area (TPSA) is 74.6 Å². The Hall–Kier alpha value is -1.68. The average molecular weight is 413 g/mol. The van der Waals surface area contributed by atoms with E-state index in [0.29, 0.717) is 22.7 Å². The van der Waals surface area contributed by atoms with Crippen molar-refractivity contribution in [1.29, 1.82) is 0 Å². The van der Waals surface area contributed by atoms with Crippen LogP contribution in [0.3, 0.4) is 0 Å². The predicted octanol–water partition coefficient (Wildman–Crippen LogP) is 5.34. The van der Waals surface area contributed by atoms with Gasteiger partial charge in [0, 0.05) is 11.8 Å². The minimum Gasteiger partial charge on any atom is -0.478 e. The van der Waals surface area contributed by atoms with E-state index in [9.17, 15) is 14.7 Å². The summed E-state index contributed by atoms with van der Waals surface area (Å²) in [6.07, 6.45) is 10.1. The first-order valence-electron chi connectivity index (χ1n) is 11.8. The van der Waals surface area contributed by atoms with Crippen molar-refractivity contribution < 1.29 is 19.8 Å². The molecule has 0 amide bonds. The first kappa shape index (κ1) is 21.5. The third kappa shape index (κ3) is 3.62. The molecule has 4 nitrogen and oxygen atoms in total. The Morgan fingerprint density at radius 3 is 2.37 bits per heavy atom. The van der Waals surface area contributed by atoms with Crippen LogP contribution < -0.4 is 0 Å². The second-order valence-corrected chi connectivity index (χ2v) is 10.7. The number of carbonyl (C=O) groups is 2. The first-order chi connectivity index (χ1) is 14.3. The molecule has 0 saturated heterocycles. The molecule has 4 heteroatoms. The van der Waals surface area contributed by atoms with Crippen LogP contribution in [0.5, 0.6) is 0 Å². The number of hydrogen-bond donors (Lipinski definition) is 2. The van der Waals surface area contributed by atoms with Crippen molar-refractivity contribution in [3.8, 4) is 0 Å². The van der Waals surface area contributed by atoms with Crippen LogP contribution in [0.4, 0.5) is 0 Å². The number of carboxylic acids is 1. The number of Topliss-reactive ketones (excluding diaryl/α,β-unsaturated/α-hetero) is 1. The van der Waals surface area contributed by atoms with Gasteiger partial charge in [-0.3, -0.25) is 4.79 Å². The molecule has 1 aromatic rings. The maximum Gasteiger partial charge on any atom is 0.335 e. The van der Waals surface area contributed by atoms with Crippen molar-refractivity contribution in [1.82, 2.24) is 0 Å². The predicted molar refractivity (Wildman–Crippen MR) is 116 cm³/mol. The Labute approximate surface area is 180 Å². The summed E-state index contributed by atoms with van der Waals surface area (Å²) in [6.45, 7) is 4.78. The van der Waals surface area contributed by atoms with E-state index in [1.165, 1.54) is 25.7 Å². The van der Waals surface area contributed by atoms with Crippen LogP contribution >= 0.6 is 0 Å². The summed E-state index contributed by atoms with van der Waals surface area (Å²) < 4.78 is 0. The van der Waals surface area contributed by atoms with E-state index in [1.54, 1.807) is 30.3 Å². The van der Waals surface area contributed by atoms with Gasteiger partial charge in [-0.25, -0.2) is 4.79 Å². The minimum absolute atomic E-state index is 0.0124. The van der Waals surface area contributed by atoms with E-state index < -0.39 is 5.97 Å². The molecule has 0 bridgehead atoms.